The number of piperidine rings is 1. The van der Waals surface area contributed by atoms with E-state index in [-0.39, 0.29) is 16.9 Å². The van der Waals surface area contributed by atoms with Crippen LogP contribution in [0, 0.1) is 29.1 Å². The SMILES string of the molecule is CC(C)(C)NC(=O)CN1C2CC[C@@H]1C[C@@H](CNC(=O)C13CC4CC(CC1C4)C3)C2. The molecule has 0 spiro atoms. The first-order valence-electron chi connectivity index (χ1n) is 12.1. The van der Waals surface area contributed by atoms with Crippen molar-refractivity contribution in [3.63, 3.8) is 0 Å². The minimum Gasteiger partial charge on any atom is -0.355 e. The highest BCUT2D eigenvalue weighted by Gasteiger charge is 2.61. The number of carbonyl (C=O) groups is 2. The number of fused-ring (bicyclic) bond motifs is 2. The van der Waals surface area contributed by atoms with Crippen LogP contribution < -0.4 is 10.6 Å². The van der Waals surface area contributed by atoms with Gasteiger partial charge in [0, 0.05) is 24.2 Å². The number of nitrogens with zero attached hydrogens (tertiary/aromatic N) is 1. The molecule has 0 radical (unpaired) electrons. The number of amides is 2. The average molecular weight is 402 g/mol. The maximum Gasteiger partial charge on any atom is 0.234 e. The van der Waals surface area contributed by atoms with E-state index in [4.69, 9.17) is 0 Å². The quantitative estimate of drug-likeness (QED) is 0.744. The van der Waals surface area contributed by atoms with Crippen molar-refractivity contribution in [2.45, 2.75) is 96.2 Å². The molecule has 29 heavy (non-hydrogen) atoms. The maximum atomic E-state index is 13.2. The van der Waals surface area contributed by atoms with Crippen molar-refractivity contribution >= 4 is 11.8 Å². The van der Waals surface area contributed by atoms with Gasteiger partial charge >= 0.3 is 0 Å². The lowest BCUT2D eigenvalue weighted by atomic mass is 9.75. The van der Waals surface area contributed by atoms with Gasteiger partial charge in [0.1, 0.15) is 0 Å². The Morgan fingerprint density at radius 2 is 1.59 bits per heavy atom. The Kier molecular flexibility index (Phi) is 4.76. The van der Waals surface area contributed by atoms with Crippen LogP contribution in [0.2, 0.25) is 0 Å². The molecular weight excluding hydrogens is 362 g/mol. The molecule has 6 rings (SSSR count). The highest BCUT2D eigenvalue weighted by atomic mass is 16.2. The molecule has 5 nitrogen and oxygen atoms in total. The number of rotatable bonds is 5. The molecule has 162 valence electrons. The maximum absolute atomic E-state index is 13.2. The average Bonchev–Trinajstić information content (AvgIpc) is 3.11. The van der Waals surface area contributed by atoms with Crippen LogP contribution in [-0.4, -0.2) is 47.4 Å². The largest absolute Gasteiger partial charge is 0.355 e. The lowest BCUT2D eigenvalue weighted by molar-refractivity contribution is -0.133. The van der Waals surface area contributed by atoms with E-state index in [0.29, 0.717) is 36.4 Å². The fourth-order valence-corrected chi connectivity index (χ4v) is 8.02. The molecule has 0 aromatic carbocycles. The molecule has 2 N–H and O–H groups in total. The van der Waals surface area contributed by atoms with Gasteiger partial charge in [0.25, 0.3) is 0 Å². The summed E-state index contributed by atoms with van der Waals surface area (Å²) in [5, 5.41) is 6.52. The lowest BCUT2D eigenvalue weighted by Gasteiger charge is -2.39. The molecule has 3 unspecified atom stereocenters. The third-order valence-corrected chi connectivity index (χ3v) is 8.82. The van der Waals surface area contributed by atoms with Crippen molar-refractivity contribution in [3.05, 3.63) is 0 Å². The molecule has 4 aliphatic carbocycles. The molecule has 6 fully saturated rings. The van der Waals surface area contributed by atoms with Gasteiger partial charge in [0.15, 0.2) is 0 Å². The number of hydrogen-bond donors (Lipinski definition) is 2. The van der Waals surface area contributed by atoms with Gasteiger partial charge in [-0.15, -0.1) is 0 Å². The summed E-state index contributed by atoms with van der Waals surface area (Å²) in [6.45, 7) is 7.49. The Morgan fingerprint density at radius 1 is 0.966 bits per heavy atom. The summed E-state index contributed by atoms with van der Waals surface area (Å²) in [5.74, 6) is 3.43. The van der Waals surface area contributed by atoms with Crippen molar-refractivity contribution < 1.29 is 9.59 Å². The topological polar surface area (TPSA) is 61.4 Å². The van der Waals surface area contributed by atoms with Gasteiger partial charge in [-0.2, -0.15) is 0 Å². The molecule has 0 aromatic rings. The first-order valence-corrected chi connectivity index (χ1v) is 12.1. The van der Waals surface area contributed by atoms with E-state index in [0.717, 1.165) is 44.1 Å². The van der Waals surface area contributed by atoms with Gasteiger partial charge in [-0.1, -0.05) is 0 Å². The third-order valence-electron chi connectivity index (χ3n) is 8.82. The Bertz CT molecular complexity index is 656. The fourth-order valence-electron chi connectivity index (χ4n) is 8.02. The zero-order valence-electron chi connectivity index (χ0n) is 18.5. The Hall–Kier alpha value is -1.10. The van der Waals surface area contributed by atoms with Crippen molar-refractivity contribution in [2.24, 2.45) is 29.1 Å². The Balaban J connectivity index is 1.13. The molecule has 2 amide bonds. The second-order valence-electron chi connectivity index (χ2n) is 12.1. The third kappa shape index (κ3) is 3.62. The number of hydrogen-bond acceptors (Lipinski definition) is 3. The van der Waals surface area contributed by atoms with Crippen molar-refractivity contribution in [2.75, 3.05) is 13.1 Å². The predicted molar refractivity (Wildman–Crippen MR) is 113 cm³/mol. The normalized spacial score (nSPS) is 43.0. The van der Waals surface area contributed by atoms with Gasteiger partial charge < -0.3 is 10.6 Å². The fraction of sp³-hybridized carbons (Fsp3) is 0.917. The smallest absolute Gasteiger partial charge is 0.234 e. The second kappa shape index (κ2) is 6.96. The van der Waals surface area contributed by atoms with Gasteiger partial charge in [0.2, 0.25) is 11.8 Å². The van der Waals surface area contributed by atoms with Crippen LogP contribution in [0.15, 0.2) is 0 Å². The first-order chi connectivity index (χ1) is 13.7. The summed E-state index contributed by atoms with van der Waals surface area (Å²) in [7, 11) is 0. The van der Waals surface area contributed by atoms with Crippen LogP contribution in [0.4, 0.5) is 0 Å². The van der Waals surface area contributed by atoms with Gasteiger partial charge in [-0.25, -0.2) is 0 Å². The lowest BCUT2D eigenvalue weighted by Crippen LogP contribution is -2.52. The van der Waals surface area contributed by atoms with E-state index in [9.17, 15) is 9.59 Å². The van der Waals surface area contributed by atoms with Crippen molar-refractivity contribution in [1.29, 1.82) is 0 Å². The summed E-state index contributed by atoms with van der Waals surface area (Å²) in [6.07, 6.45) is 11.0. The summed E-state index contributed by atoms with van der Waals surface area (Å²) in [5.41, 5.74) is -0.171. The van der Waals surface area contributed by atoms with Crippen molar-refractivity contribution in [3.8, 4) is 0 Å². The summed E-state index contributed by atoms with van der Waals surface area (Å²) >= 11 is 0. The molecule has 6 bridgehead atoms. The molecule has 0 aromatic heterocycles. The summed E-state index contributed by atoms with van der Waals surface area (Å²) in [6, 6.07) is 1.02. The molecule has 2 saturated heterocycles. The van der Waals surface area contributed by atoms with Crippen LogP contribution >= 0.6 is 0 Å². The van der Waals surface area contributed by atoms with E-state index < -0.39 is 0 Å². The monoisotopic (exact) mass is 401 g/mol. The van der Waals surface area contributed by atoms with Crippen LogP contribution in [0.1, 0.15) is 78.6 Å². The van der Waals surface area contributed by atoms with Gasteiger partial charge in [0.05, 0.1) is 12.0 Å². The standard InChI is InChI=1S/C24H39N3O2/c1-23(2,3)26-21(28)14-27-19-4-5-20(27)10-17(9-19)13-25-22(29)24-11-15-6-16(12-24)8-18(24)7-15/h15-20H,4-14H2,1-3H3,(H,25,29)(H,26,28)/t15?,16?,17-,18?,19-,20?,24?/m1/s1. The molecule has 6 aliphatic rings. The molecule has 2 heterocycles. The molecular formula is C24H39N3O2. The predicted octanol–water partition coefficient (Wildman–Crippen LogP) is 3.09. The highest BCUT2D eigenvalue weighted by Crippen LogP contribution is 2.65. The van der Waals surface area contributed by atoms with Gasteiger partial charge in [-0.3, -0.25) is 14.5 Å². The zero-order chi connectivity index (χ0) is 20.4. The zero-order valence-corrected chi connectivity index (χ0v) is 18.5. The van der Waals surface area contributed by atoms with Crippen LogP contribution in [0.25, 0.3) is 0 Å². The molecule has 4 saturated carbocycles. The summed E-state index contributed by atoms with van der Waals surface area (Å²) < 4.78 is 0. The van der Waals surface area contributed by atoms with E-state index in [1.807, 2.05) is 20.8 Å². The van der Waals surface area contributed by atoms with Crippen molar-refractivity contribution in [1.82, 2.24) is 15.5 Å². The van der Waals surface area contributed by atoms with Crippen LogP contribution in [-0.2, 0) is 9.59 Å². The van der Waals surface area contributed by atoms with E-state index in [1.165, 1.54) is 32.1 Å². The van der Waals surface area contributed by atoms with E-state index in [1.54, 1.807) is 0 Å². The van der Waals surface area contributed by atoms with E-state index >= 15 is 0 Å². The van der Waals surface area contributed by atoms with Crippen LogP contribution in [0.3, 0.4) is 0 Å². The second-order valence-corrected chi connectivity index (χ2v) is 12.1. The molecule has 5 heteroatoms. The van der Waals surface area contributed by atoms with Crippen LogP contribution in [0.5, 0.6) is 0 Å². The van der Waals surface area contributed by atoms with Gasteiger partial charge in [-0.05, 0) is 102 Å². The number of carbonyl (C=O) groups excluding carboxylic acids is 2. The minimum absolute atomic E-state index is 0.00167. The Morgan fingerprint density at radius 3 is 2.17 bits per heavy atom. The molecule has 5 atom stereocenters. The number of nitrogens with one attached hydrogen (secondary N) is 2. The minimum atomic E-state index is -0.170. The summed E-state index contributed by atoms with van der Waals surface area (Å²) in [4.78, 5) is 28.1. The molecule has 2 aliphatic heterocycles. The Labute approximate surface area is 175 Å². The highest BCUT2D eigenvalue weighted by molar-refractivity contribution is 5.84. The van der Waals surface area contributed by atoms with E-state index in [2.05, 4.69) is 15.5 Å². The first kappa shape index (κ1) is 19.8.